The van der Waals surface area contributed by atoms with Gasteiger partial charge in [0.2, 0.25) is 5.91 Å². The first-order valence-electron chi connectivity index (χ1n) is 5.46. The fraction of sp³-hybridized carbons (Fsp3) is 0.417. The number of thioether (sulfide) groups is 1. The summed E-state index contributed by atoms with van der Waals surface area (Å²) < 4.78 is 13.0. The summed E-state index contributed by atoms with van der Waals surface area (Å²) in [6, 6.07) is 4.39. The highest BCUT2D eigenvalue weighted by Crippen LogP contribution is 2.26. The highest BCUT2D eigenvalue weighted by Gasteiger charge is 2.06. The van der Waals surface area contributed by atoms with Gasteiger partial charge in [0.05, 0.1) is 0 Å². The zero-order chi connectivity index (χ0) is 12.8. The number of amides is 1. The predicted octanol–water partition coefficient (Wildman–Crippen LogP) is 2.41. The molecule has 17 heavy (non-hydrogen) atoms. The van der Waals surface area contributed by atoms with Crippen molar-refractivity contribution in [3.05, 3.63) is 24.0 Å². The fourth-order valence-corrected chi connectivity index (χ4v) is 2.22. The molecule has 0 spiro atoms. The number of benzene rings is 1. The molecule has 0 saturated carbocycles. The number of carbonyl (C=O) groups is 1. The van der Waals surface area contributed by atoms with Gasteiger partial charge < -0.3 is 11.1 Å². The molecule has 0 heterocycles. The van der Waals surface area contributed by atoms with Crippen molar-refractivity contribution in [3.8, 4) is 0 Å². The average molecular weight is 256 g/mol. The van der Waals surface area contributed by atoms with Crippen LogP contribution in [0.25, 0.3) is 0 Å². The van der Waals surface area contributed by atoms with Gasteiger partial charge in [-0.15, -0.1) is 11.8 Å². The minimum atomic E-state index is -0.312. The van der Waals surface area contributed by atoms with Crippen LogP contribution in [0.1, 0.15) is 20.3 Å². The first kappa shape index (κ1) is 13.8. The Morgan fingerprint density at radius 3 is 2.88 bits per heavy atom. The molecule has 0 bridgehead atoms. The highest BCUT2D eigenvalue weighted by atomic mass is 32.2. The lowest BCUT2D eigenvalue weighted by Gasteiger charge is -2.08. The van der Waals surface area contributed by atoms with Gasteiger partial charge in [-0.1, -0.05) is 0 Å². The first-order chi connectivity index (χ1) is 7.99. The Bertz CT molecular complexity index is 396. The molecule has 1 amide bonds. The van der Waals surface area contributed by atoms with Crippen molar-refractivity contribution < 1.29 is 9.18 Å². The summed E-state index contributed by atoms with van der Waals surface area (Å²) in [6.07, 6.45) is 0.402. The maximum Gasteiger partial charge on any atom is 0.221 e. The van der Waals surface area contributed by atoms with Crippen molar-refractivity contribution in [1.29, 1.82) is 0 Å². The normalized spacial score (nSPS) is 10.6. The van der Waals surface area contributed by atoms with Crippen molar-refractivity contribution in [2.45, 2.75) is 31.2 Å². The summed E-state index contributed by atoms with van der Waals surface area (Å²) in [7, 11) is 0. The van der Waals surface area contributed by atoms with E-state index in [4.69, 9.17) is 5.73 Å². The van der Waals surface area contributed by atoms with Crippen LogP contribution in [0.3, 0.4) is 0 Å². The second-order valence-electron chi connectivity index (χ2n) is 4.00. The van der Waals surface area contributed by atoms with E-state index in [1.54, 1.807) is 0 Å². The Balaban J connectivity index is 2.40. The molecule has 1 aromatic rings. The van der Waals surface area contributed by atoms with E-state index in [0.717, 1.165) is 0 Å². The Hall–Kier alpha value is -1.23. The standard InChI is InChI=1S/C12H17FN2OS/c1-8(2)15-12(16)5-6-17-11-7-9(13)3-4-10(11)14/h3-4,7-8H,5-6,14H2,1-2H3,(H,15,16). The molecule has 1 aromatic carbocycles. The van der Waals surface area contributed by atoms with E-state index in [-0.39, 0.29) is 17.8 Å². The number of hydrogen-bond acceptors (Lipinski definition) is 3. The van der Waals surface area contributed by atoms with Gasteiger partial charge in [0.25, 0.3) is 0 Å². The van der Waals surface area contributed by atoms with Gasteiger partial charge in [0.1, 0.15) is 5.82 Å². The average Bonchev–Trinajstić information content (AvgIpc) is 2.22. The maximum atomic E-state index is 13.0. The molecule has 3 N–H and O–H groups in total. The topological polar surface area (TPSA) is 55.1 Å². The van der Waals surface area contributed by atoms with Crippen LogP contribution in [0.5, 0.6) is 0 Å². The first-order valence-corrected chi connectivity index (χ1v) is 6.45. The molecule has 0 radical (unpaired) electrons. The van der Waals surface area contributed by atoms with Gasteiger partial charge in [-0.2, -0.15) is 0 Å². The van der Waals surface area contributed by atoms with Crippen LogP contribution in [0.2, 0.25) is 0 Å². The molecule has 3 nitrogen and oxygen atoms in total. The molecule has 0 aliphatic rings. The molecular formula is C12H17FN2OS. The Labute approximate surface area is 105 Å². The van der Waals surface area contributed by atoms with E-state index in [1.165, 1.54) is 30.0 Å². The molecule has 0 aromatic heterocycles. The van der Waals surface area contributed by atoms with Crippen LogP contribution < -0.4 is 11.1 Å². The summed E-state index contributed by atoms with van der Waals surface area (Å²) in [4.78, 5) is 12.0. The molecule has 0 unspecified atom stereocenters. The SMILES string of the molecule is CC(C)NC(=O)CCSc1cc(F)ccc1N. The van der Waals surface area contributed by atoms with Crippen molar-refractivity contribution in [1.82, 2.24) is 5.32 Å². The Morgan fingerprint density at radius 1 is 1.53 bits per heavy atom. The molecule has 0 aliphatic carbocycles. The van der Waals surface area contributed by atoms with E-state index in [2.05, 4.69) is 5.32 Å². The number of halogens is 1. The van der Waals surface area contributed by atoms with E-state index in [0.29, 0.717) is 22.8 Å². The lowest BCUT2D eigenvalue weighted by molar-refractivity contribution is -0.121. The third-order valence-electron chi connectivity index (χ3n) is 2.01. The smallest absolute Gasteiger partial charge is 0.221 e. The Kier molecular flexibility index (Phi) is 5.28. The van der Waals surface area contributed by atoms with Crippen LogP contribution in [0.4, 0.5) is 10.1 Å². The predicted molar refractivity (Wildman–Crippen MR) is 69.4 cm³/mol. The number of hydrogen-bond donors (Lipinski definition) is 2. The number of nitrogens with two attached hydrogens (primary N) is 1. The lowest BCUT2D eigenvalue weighted by Crippen LogP contribution is -2.30. The molecule has 5 heteroatoms. The largest absolute Gasteiger partial charge is 0.398 e. The summed E-state index contributed by atoms with van der Waals surface area (Å²) in [5.41, 5.74) is 6.24. The van der Waals surface area contributed by atoms with E-state index in [9.17, 15) is 9.18 Å². The molecule has 0 atom stereocenters. The second-order valence-corrected chi connectivity index (χ2v) is 5.14. The molecular weight excluding hydrogens is 239 g/mol. The molecule has 94 valence electrons. The third kappa shape index (κ3) is 5.08. The fourth-order valence-electron chi connectivity index (χ4n) is 1.28. The monoisotopic (exact) mass is 256 g/mol. The number of carbonyl (C=O) groups excluding carboxylic acids is 1. The highest BCUT2D eigenvalue weighted by molar-refractivity contribution is 7.99. The summed E-state index contributed by atoms with van der Waals surface area (Å²) >= 11 is 1.39. The molecule has 0 saturated heterocycles. The van der Waals surface area contributed by atoms with Gasteiger partial charge in [-0.05, 0) is 32.0 Å². The van der Waals surface area contributed by atoms with Gasteiger partial charge >= 0.3 is 0 Å². The zero-order valence-electron chi connectivity index (χ0n) is 10.00. The lowest BCUT2D eigenvalue weighted by atomic mass is 10.3. The zero-order valence-corrected chi connectivity index (χ0v) is 10.8. The van der Waals surface area contributed by atoms with Gasteiger partial charge in [0.15, 0.2) is 0 Å². The maximum absolute atomic E-state index is 13.0. The van der Waals surface area contributed by atoms with Gasteiger partial charge in [0, 0.05) is 28.8 Å². The molecule has 0 fully saturated rings. The summed E-state index contributed by atoms with van der Waals surface area (Å²) in [5.74, 6) is 0.280. The minimum absolute atomic E-state index is 0.00229. The van der Waals surface area contributed by atoms with Crippen molar-refractivity contribution >= 4 is 23.4 Å². The van der Waals surface area contributed by atoms with Crippen LogP contribution in [0.15, 0.2) is 23.1 Å². The second kappa shape index (κ2) is 6.49. The van der Waals surface area contributed by atoms with Crippen molar-refractivity contribution in [2.75, 3.05) is 11.5 Å². The van der Waals surface area contributed by atoms with E-state index >= 15 is 0 Å². The van der Waals surface area contributed by atoms with Crippen LogP contribution >= 0.6 is 11.8 Å². The van der Waals surface area contributed by atoms with Crippen LogP contribution in [-0.4, -0.2) is 17.7 Å². The van der Waals surface area contributed by atoms with E-state index in [1.807, 2.05) is 13.8 Å². The number of anilines is 1. The summed E-state index contributed by atoms with van der Waals surface area (Å²) in [5, 5.41) is 2.80. The minimum Gasteiger partial charge on any atom is -0.398 e. The Morgan fingerprint density at radius 2 is 2.24 bits per heavy atom. The molecule has 0 aliphatic heterocycles. The van der Waals surface area contributed by atoms with Gasteiger partial charge in [-0.25, -0.2) is 4.39 Å². The quantitative estimate of drug-likeness (QED) is 0.628. The number of nitrogens with one attached hydrogen (secondary N) is 1. The van der Waals surface area contributed by atoms with Crippen LogP contribution in [-0.2, 0) is 4.79 Å². The molecule has 1 rings (SSSR count). The number of nitrogen functional groups attached to an aromatic ring is 1. The van der Waals surface area contributed by atoms with Crippen molar-refractivity contribution in [3.63, 3.8) is 0 Å². The number of rotatable bonds is 5. The summed E-state index contributed by atoms with van der Waals surface area (Å²) in [6.45, 7) is 3.82. The van der Waals surface area contributed by atoms with Gasteiger partial charge in [-0.3, -0.25) is 4.79 Å². The van der Waals surface area contributed by atoms with Crippen LogP contribution in [0, 0.1) is 5.82 Å². The van der Waals surface area contributed by atoms with E-state index < -0.39 is 0 Å². The third-order valence-corrected chi connectivity index (χ3v) is 3.08. The van der Waals surface area contributed by atoms with Crippen molar-refractivity contribution in [2.24, 2.45) is 0 Å².